The van der Waals surface area contributed by atoms with Crippen molar-refractivity contribution < 1.29 is 19.0 Å². The third-order valence-electron chi connectivity index (χ3n) is 2.55. The summed E-state index contributed by atoms with van der Waals surface area (Å²) in [4.78, 5) is 11.0. The fourth-order valence-electron chi connectivity index (χ4n) is 1.76. The number of hydrogen-bond donors (Lipinski definition) is 0. The van der Waals surface area contributed by atoms with Gasteiger partial charge in [-0.15, -0.1) is 0 Å². The molecule has 0 saturated heterocycles. The highest BCUT2D eigenvalue weighted by molar-refractivity contribution is 5.92. The summed E-state index contributed by atoms with van der Waals surface area (Å²) in [5.41, 5.74) is 1.82. The van der Waals surface area contributed by atoms with E-state index in [4.69, 9.17) is 14.2 Å². The Morgan fingerprint density at radius 1 is 1.37 bits per heavy atom. The standard InChI is InChI=1S/C13H14O4.C2H6/c1-8-6-11-13(17-7-16-11)12(15-3)10(8)5-4-9(2)14;1-2/h4-6H,7H2,1-3H3;1-2H3/b5-4+;. The number of carbonyl (C=O) groups excluding carboxylic acids is 1. The van der Waals surface area contributed by atoms with Crippen LogP contribution in [-0.4, -0.2) is 19.7 Å². The molecule has 0 aromatic heterocycles. The molecule has 0 amide bonds. The van der Waals surface area contributed by atoms with E-state index in [2.05, 4.69) is 0 Å². The molecule has 4 heteroatoms. The topological polar surface area (TPSA) is 44.8 Å². The van der Waals surface area contributed by atoms with Crippen LogP contribution in [0.25, 0.3) is 6.08 Å². The lowest BCUT2D eigenvalue weighted by Crippen LogP contribution is -1.95. The van der Waals surface area contributed by atoms with Gasteiger partial charge in [0.1, 0.15) is 0 Å². The normalized spacial score (nSPS) is 12.1. The fourth-order valence-corrected chi connectivity index (χ4v) is 1.76. The van der Waals surface area contributed by atoms with Gasteiger partial charge in [0.2, 0.25) is 12.5 Å². The quantitative estimate of drug-likeness (QED) is 0.785. The molecule has 0 N–H and O–H groups in total. The fraction of sp³-hybridized carbons (Fsp3) is 0.400. The van der Waals surface area contributed by atoms with Crippen LogP contribution >= 0.6 is 0 Å². The van der Waals surface area contributed by atoms with Gasteiger partial charge in [-0.3, -0.25) is 4.79 Å². The summed E-state index contributed by atoms with van der Waals surface area (Å²) in [6.07, 6.45) is 3.24. The number of benzene rings is 1. The molecule has 1 aliphatic heterocycles. The maximum absolute atomic E-state index is 11.0. The predicted molar refractivity (Wildman–Crippen MR) is 74.9 cm³/mol. The lowest BCUT2D eigenvalue weighted by atomic mass is 10.1. The minimum Gasteiger partial charge on any atom is -0.492 e. The number of rotatable bonds is 3. The SMILES string of the molecule is CC.COc1c(/C=C/C(C)=O)c(C)cc2c1OCO2. The average molecular weight is 264 g/mol. The number of fused-ring (bicyclic) bond motifs is 1. The molecule has 1 aromatic rings. The molecule has 1 aliphatic rings. The first-order valence-corrected chi connectivity index (χ1v) is 6.29. The Balaban J connectivity index is 0.000000861. The van der Waals surface area contributed by atoms with Crippen molar-refractivity contribution >= 4 is 11.9 Å². The maximum atomic E-state index is 11.0. The van der Waals surface area contributed by atoms with Gasteiger partial charge in [0, 0.05) is 5.56 Å². The Labute approximate surface area is 114 Å². The van der Waals surface area contributed by atoms with Gasteiger partial charge < -0.3 is 14.2 Å². The molecule has 0 spiro atoms. The van der Waals surface area contributed by atoms with Crippen molar-refractivity contribution in [1.82, 2.24) is 0 Å². The number of methoxy groups -OCH3 is 1. The van der Waals surface area contributed by atoms with Crippen LogP contribution in [0, 0.1) is 6.92 Å². The van der Waals surface area contributed by atoms with Crippen LogP contribution < -0.4 is 14.2 Å². The molecule has 19 heavy (non-hydrogen) atoms. The third kappa shape index (κ3) is 3.28. The number of ether oxygens (including phenoxy) is 3. The van der Waals surface area contributed by atoms with Gasteiger partial charge >= 0.3 is 0 Å². The van der Waals surface area contributed by atoms with Gasteiger partial charge in [0.15, 0.2) is 17.3 Å². The molecular weight excluding hydrogens is 244 g/mol. The van der Waals surface area contributed by atoms with Gasteiger partial charge in [-0.2, -0.15) is 0 Å². The summed E-state index contributed by atoms with van der Waals surface area (Å²) in [7, 11) is 1.57. The van der Waals surface area contributed by atoms with Crippen LogP contribution in [0.5, 0.6) is 17.2 Å². The lowest BCUT2D eigenvalue weighted by Gasteiger charge is -2.11. The Kier molecular flexibility index (Phi) is 5.42. The highest BCUT2D eigenvalue weighted by Gasteiger charge is 2.22. The van der Waals surface area contributed by atoms with Crippen molar-refractivity contribution in [2.75, 3.05) is 13.9 Å². The Bertz CT molecular complexity index is 489. The highest BCUT2D eigenvalue weighted by atomic mass is 16.7. The smallest absolute Gasteiger partial charge is 0.231 e. The van der Waals surface area contributed by atoms with Crippen molar-refractivity contribution in [3.05, 3.63) is 23.3 Å². The van der Waals surface area contributed by atoms with Gasteiger partial charge in [0.05, 0.1) is 7.11 Å². The number of aryl methyl sites for hydroxylation is 1. The first kappa shape index (κ1) is 15.1. The van der Waals surface area contributed by atoms with Crippen molar-refractivity contribution in [2.45, 2.75) is 27.7 Å². The predicted octanol–water partition coefficient (Wildman–Crippen LogP) is 3.36. The van der Waals surface area contributed by atoms with Gasteiger partial charge in [-0.05, 0) is 37.6 Å². The zero-order valence-electron chi connectivity index (χ0n) is 12.1. The van der Waals surface area contributed by atoms with Crippen molar-refractivity contribution in [1.29, 1.82) is 0 Å². The van der Waals surface area contributed by atoms with Crippen LogP contribution in [-0.2, 0) is 4.79 Å². The molecule has 0 unspecified atom stereocenters. The van der Waals surface area contributed by atoms with E-state index in [-0.39, 0.29) is 12.6 Å². The summed E-state index contributed by atoms with van der Waals surface area (Å²) >= 11 is 0. The molecule has 0 radical (unpaired) electrons. The molecular formula is C15H20O4. The Morgan fingerprint density at radius 2 is 2.05 bits per heavy atom. The molecule has 104 valence electrons. The molecule has 1 heterocycles. The second kappa shape index (κ2) is 6.83. The van der Waals surface area contributed by atoms with E-state index in [9.17, 15) is 4.79 Å². The number of carbonyl (C=O) groups is 1. The molecule has 0 saturated carbocycles. The van der Waals surface area contributed by atoms with E-state index in [0.29, 0.717) is 17.2 Å². The molecule has 2 rings (SSSR count). The number of allylic oxidation sites excluding steroid dienone is 1. The van der Waals surface area contributed by atoms with Crippen LogP contribution in [0.1, 0.15) is 31.9 Å². The minimum absolute atomic E-state index is 0.0101. The van der Waals surface area contributed by atoms with Crippen LogP contribution in [0.4, 0.5) is 0 Å². The summed E-state index contributed by atoms with van der Waals surface area (Å²) in [6.45, 7) is 7.64. The zero-order valence-corrected chi connectivity index (χ0v) is 12.1. The van der Waals surface area contributed by atoms with E-state index in [1.807, 2.05) is 26.8 Å². The molecule has 0 bridgehead atoms. The van der Waals surface area contributed by atoms with E-state index in [1.54, 1.807) is 13.2 Å². The summed E-state index contributed by atoms with van der Waals surface area (Å²) < 4.78 is 16.0. The van der Waals surface area contributed by atoms with Gasteiger partial charge in [-0.1, -0.05) is 13.8 Å². The summed E-state index contributed by atoms with van der Waals surface area (Å²) in [6, 6.07) is 1.88. The monoisotopic (exact) mass is 264 g/mol. The number of hydrogen-bond acceptors (Lipinski definition) is 4. The average Bonchev–Trinajstić information content (AvgIpc) is 2.85. The molecule has 0 atom stereocenters. The Morgan fingerprint density at radius 3 is 2.63 bits per heavy atom. The second-order valence-corrected chi connectivity index (χ2v) is 3.82. The minimum atomic E-state index is -0.0101. The molecule has 4 nitrogen and oxygen atoms in total. The van der Waals surface area contributed by atoms with Crippen LogP contribution in [0.2, 0.25) is 0 Å². The van der Waals surface area contributed by atoms with E-state index >= 15 is 0 Å². The van der Waals surface area contributed by atoms with Crippen molar-refractivity contribution in [3.63, 3.8) is 0 Å². The van der Waals surface area contributed by atoms with Gasteiger partial charge in [-0.25, -0.2) is 0 Å². The van der Waals surface area contributed by atoms with Crippen molar-refractivity contribution in [3.8, 4) is 17.2 Å². The van der Waals surface area contributed by atoms with E-state index in [1.165, 1.54) is 13.0 Å². The molecule has 0 fully saturated rings. The van der Waals surface area contributed by atoms with E-state index < -0.39 is 0 Å². The third-order valence-corrected chi connectivity index (χ3v) is 2.55. The highest BCUT2D eigenvalue weighted by Crippen LogP contribution is 2.45. The second-order valence-electron chi connectivity index (χ2n) is 3.82. The summed E-state index contributed by atoms with van der Waals surface area (Å²) in [5, 5.41) is 0. The first-order valence-electron chi connectivity index (χ1n) is 6.29. The van der Waals surface area contributed by atoms with Crippen molar-refractivity contribution in [2.24, 2.45) is 0 Å². The van der Waals surface area contributed by atoms with Gasteiger partial charge in [0.25, 0.3) is 0 Å². The van der Waals surface area contributed by atoms with Crippen LogP contribution in [0.3, 0.4) is 0 Å². The lowest BCUT2D eigenvalue weighted by molar-refractivity contribution is -0.112. The molecule has 0 aliphatic carbocycles. The largest absolute Gasteiger partial charge is 0.492 e. The first-order chi connectivity index (χ1) is 9.13. The van der Waals surface area contributed by atoms with Crippen LogP contribution in [0.15, 0.2) is 12.1 Å². The molecule has 1 aromatic carbocycles. The van der Waals surface area contributed by atoms with E-state index in [0.717, 1.165) is 11.1 Å². The Hall–Kier alpha value is -1.97. The summed E-state index contributed by atoms with van der Waals surface area (Å²) in [5.74, 6) is 1.87. The zero-order chi connectivity index (χ0) is 14.4. The maximum Gasteiger partial charge on any atom is 0.231 e. The number of ketones is 1.